The highest BCUT2D eigenvalue weighted by Crippen LogP contribution is 2.52. The Morgan fingerprint density at radius 3 is 1.54 bits per heavy atom. The number of ether oxygens (including phenoxy) is 1. The van der Waals surface area contributed by atoms with Crippen LogP contribution in [0, 0.1) is 56.3 Å². The number of aromatic nitrogens is 7. The molecular weight excluding hydrogens is 1270 g/mol. The molecule has 9 unspecified atom stereocenters. The van der Waals surface area contributed by atoms with E-state index in [0.717, 1.165) is 53.6 Å². The number of hydrogen-bond acceptors (Lipinski definition) is 27. The van der Waals surface area contributed by atoms with Gasteiger partial charge >= 0.3 is 35.8 Å². The van der Waals surface area contributed by atoms with Crippen LogP contribution >= 0.6 is 11.8 Å². The lowest BCUT2D eigenvalue weighted by Gasteiger charge is -2.14. The molecule has 33 heteroatoms. The summed E-state index contributed by atoms with van der Waals surface area (Å²) in [5.41, 5.74) is 7.16. The molecule has 9 heterocycles. The van der Waals surface area contributed by atoms with Crippen LogP contribution in [0.5, 0.6) is 0 Å². The summed E-state index contributed by atoms with van der Waals surface area (Å²) in [6.45, 7) is 13.0. The maximum absolute atomic E-state index is 11.9. The average Bonchev–Trinajstić information content (AvgIpc) is 1.58. The minimum atomic E-state index is -0.703. The van der Waals surface area contributed by atoms with E-state index in [0.29, 0.717) is 48.2 Å². The van der Waals surface area contributed by atoms with Crippen LogP contribution in [0.1, 0.15) is 97.4 Å². The molecule has 6 aliphatic heterocycles. The van der Waals surface area contributed by atoms with Crippen molar-refractivity contribution in [1.29, 1.82) is 0 Å². The van der Waals surface area contributed by atoms with Crippen molar-refractivity contribution in [3.8, 4) is 0 Å². The highest BCUT2D eigenvalue weighted by Gasteiger charge is 2.63. The van der Waals surface area contributed by atoms with Crippen LogP contribution in [-0.2, 0) is 87.4 Å². The summed E-state index contributed by atoms with van der Waals surface area (Å²) in [6.07, 6.45) is 9.35. The molecule has 3 aromatic heterocycles. The van der Waals surface area contributed by atoms with Crippen molar-refractivity contribution >= 4 is 117 Å². The number of thioether (sulfide) groups is 1. The van der Waals surface area contributed by atoms with Gasteiger partial charge in [0.2, 0.25) is 5.65 Å². The van der Waals surface area contributed by atoms with Crippen LogP contribution in [0.25, 0.3) is 22.2 Å². The predicted molar refractivity (Wildman–Crippen MR) is 320 cm³/mol. The van der Waals surface area contributed by atoms with Crippen molar-refractivity contribution in [2.24, 2.45) is 35.5 Å². The van der Waals surface area contributed by atoms with Gasteiger partial charge in [-0.15, -0.1) is 37.1 Å². The Labute approximate surface area is 542 Å². The van der Waals surface area contributed by atoms with Gasteiger partial charge in [-0.2, -0.15) is 0 Å². The van der Waals surface area contributed by atoms with Gasteiger partial charge in [0.25, 0.3) is 47.3 Å². The van der Waals surface area contributed by atoms with E-state index in [1.807, 2.05) is 75.4 Å². The standard InChI is InChI=1S/C14H15NO4S.C11H11NO4.C11H9NO4.C10H9NO5.C9H9N3O2.C7H6N4O2/c1-9-3-5-11(6-4-9)8-20-12-7-13(17)15(14(12)18)19-10(2)16;1-5(13)16-12-10(14)8-6-2-3-7(4-6)9(8)11(12)15;1-6-3-4-8-9(5-6)11(15)12(10(8)14)16-7(2)13;1-4(12)16-11-9(13)7-5-2-3-6(15-5)8(7)10(11)14;1-6-3-4-9-8(5-6)10-11-12(9)14-7(2)13;1-5(12)13-11-7-6(9-10-11)3-2-4-8-7/h3-6,12H,7-8H2,1-2H3;2-3,6-9H,4H2,1H3;3-5H,1-2H3;2-3,5-8H,1H3;3-5H,1-2H3;2-4H,1H3. The Hall–Kier alpha value is -11.2. The molecule has 14 rings (SSSR count). The second-order valence-corrected chi connectivity index (χ2v) is 23.4. The van der Waals surface area contributed by atoms with E-state index in [4.69, 9.17) is 14.4 Å². The van der Waals surface area contributed by atoms with E-state index >= 15 is 0 Å². The van der Waals surface area contributed by atoms with E-state index in [1.165, 1.54) is 38.1 Å². The molecule has 95 heavy (non-hydrogen) atoms. The first kappa shape index (κ1) is 68.2. The number of allylic oxidation sites excluding steroid dienone is 2. The lowest BCUT2D eigenvalue weighted by Crippen LogP contribution is -2.35. The molecular formula is C62H59N11O21S. The fraction of sp³-hybridized carbons (Fsp3) is 0.339. The van der Waals surface area contributed by atoms with E-state index in [2.05, 4.69) is 45.0 Å². The number of nitrogens with zero attached hydrogens (tertiary/aromatic N) is 11. The molecule has 8 amide bonds. The monoisotopic (exact) mass is 1330 g/mol. The molecule has 3 aromatic carbocycles. The highest BCUT2D eigenvalue weighted by atomic mass is 32.2. The van der Waals surface area contributed by atoms with Crippen molar-refractivity contribution in [1.82, 2.24) is 55.6 Å². The number of pyridine rings is 1. The number of amides is 8. The molecule has 8 aliphatic rings. The normalized spacial score (nSPS) is 22.5. The zero-order valence-corrected chi connectivity index (χ0v) is 52.8. The molecule has 4 saturated heterocycles. The highest BCUT2D eigenvalue weighted by molar-refractivity contribution is 7.99. The smallest absolute Gasteiger partial charge is 0.332 e. The zero-order chi connectivity index (χ0) is 68.9. The number of aryl methyl sites for hydroxylation is 3. The maximum Gasteiger partial charge on any atom is 0.332 e. The van der Waals surface area contributed by atoms with E-state index in [1.54, 1.807) is 48.7 Å². The van der Waals surface area contributed by atoms with Gasteiger partial charge in [-0.25, -0.2) is 33.8 Å². The van der Waals surface area contributed by atoms with Crippen LogP contribution in [0.2, 0.25) is 0 Å². The third-order valence-electron chi connectivity index (χ3n) is 15.0. The number of hydroxylamine groups is 8. The Morgan fingerprint density at radius 2 is 0.968 bits per heavy atom. The number of rotatable bonds is 9. The van der Waals surface area contributed by atoms with Gasteiger partial charge in [0.1, 0.15) is 16.6 Å². The topological polar surface area (TPSA) is 391 Å². The lowest BCUT2D eigenvalue weighted by atomic mass is 9.85. The molecule has 6 aromatic rings. The van der Waals surface area contributed by atoms with Gasteiger partial charge in [0.05, 0.1) is 58.7 Å². The Kier molecular flexibility index (Phi) is 20.6. The average molecular weight is 1330 g/mol. The zero-order valence-electron chi connectivity index (χ0n) is 52.0. The molecule has 9 atom stereocenters. The number of carbonyl (C=O) groups is 14. The molecule has 494 valence electrons. The van der Waals surface area contributed by atoms with E-state index in [-0.39, 0.29) is 65.2 Å². The first-order chi connectivity index (χ1) is 45.1. The Balaban J connectivity index is 0.000000135. The molecule has 32 nitrogen and oxygen atoms in total. The first-order valence-corrected chi connectivity index (χ1v) is 30.1. The van der Waals surface area contributed by atoms with Crippen molar-refractivity contribution in [3.05, 3.63) is 137 Å². The lowest BCUT2D eigenvalue weighted by molar-refractivity contribution is -0.198. The first-order valence-electron chi connectivity index (χ1n) is 29.0. The third-order valence-corrected chi connectivity index (χ3v) is 16.3. The SMILES string of the molecule is CC(=O)ON1C(=O)C2C3C=CC(C3)C2C1=O.CC(=O)ON1C(=O)C2C3C=CC(O3)C2C1=O.CC(=O)ON1C(=O)CC(SCc2ccc(C)cc2)C1=O.CC(=O)ON1C(=O)c2ccc(C)cc2C1=O.CC(=O)On1nnc2cc(C)ccc21.CC(=O)On1nnc2cccnc21. The van der Waals surface area contributed by atoms with Crippen LogP contribution in [-0.4, -0.2) is 156 Å². The van der Waals surface area contributed by atoms with Gasteiger partial charge < -0.3 is 33.8 Å². The second kappa shape index (κ2) is 28.7. The van der Waals surface area contributed by atoms with Crippen molar-refractivity contribution < 1.29 is 101 Å². The number of carbonyl (C=O) groups excluding carboxylic acids is 14. The van der Waals surface area contributed by atoms with E-state index in [9.17, 15) is 67.1 Å². The second-order valence-electron chi connectivity index (χ2n) is 22.2. The van der Waals surface area contributed by atoms with Gasteiger partial charge in [0, 0.05) is 53.5 Å². The summed E-state index contributed by atoms with van der Waals surface area (Å²) in [4.78, 5) is 193. The molecule has 2 aliphatic carbocycles. The summed E-state index contributed by atoms with van der Waals surface area (Å²) >= 11 is 1.38. The minimum Gasteiger partial charge on any atom is -0.365 e. The Bertz CT molecular complexity index is 4080. The fourth-order valence-corrected chi connectivity index (χ4v) is 12.2. The maximum atomic E-state index is 11.9. The van der Waals surface area contributed by atoms with Crippen molar-refractivity contribution in [2.45, 2.75) is 98.4 Å². The Morgan fingerprint density at radius 1 is 0.495 bits per heavy atom. The molecule has 0 N–H and O–H groups in total. The predicted octanol–water partition coefficient (Wildman–Crippen LogP) is 3.09. The van der Waals surface area contributed by atoms with Crippen molar-refractivity contribution in [2.75, 3.05) is 0 Å². The van der Waals surface area contributed by atoms with Crippen molar-refractivity contribution in [3.63, 3.8) is 0 Å². The number of hydrogen-bond donors (Lipinski definition) is 0. The summed E-state index contributed by atoms with van der Waals surface area (Å²) in [5, 5.41) is 16.7. The summed E-state index contributed by atoms with van der Waals surface area (Å²) < 4.78 is 5.41. The fourth-order valence-electron chi connectivity index (χ4n) is 11.1. The molecule has 4 bridgehead atoms. The number of benzene rings is 3. The summed E-state index contributed by atoms with van der Waals surface area (Å²) in [5.74, 6) is -8.11. The van der Waals surface area contributed by atoms with Crippen LogP contribution in [0.15, 0.2) is 103 Å². The molecule has 0 spiro atoms. The third kappa shape index (κ3) is 15.2. The van der Waals surface area contributed by atoms with Gasteiger partial charge in [-0.05, 0) is 102 Å². The van der Waals surface area contributed by atoms with Gasteiger partial charge in [-0.1, -0.05) is 81.7 Å². The quantitative estimate of drug-likeness (QED) is 0.114. The van der Waals surface area contributed by atoms with Crippen LogP contribution in [0.3, 0.4) is 0 Å². The number of fused-ring (bicyclic) bond motifs is 13. The largest absolute Gasteiger partial charge is 0.365 e. The van der Waals surface area contributed by atoms with Crippen LogP contribution < -0.4 is 9.68 Å². The molecule has 1 saturated carbocycles. The van der Waals surface area contributed by atoms with Crippen LogP contribution in [0.4, 0.5) is 0 Å². The summed E-state index contributed by atoms with van der Waals surface area (Å²) in [7, 11) is 0. The van der Waals surface area contributed by atoms with E-state index < -0.39 is 88.3 Å². The summed E-state index contributed by atoms with van der Waals surface area (Å²) in [6, 6.07) is 21.9. The van der Waals surface area contributed by atoms with Gasteiger partial charge in [0.15, 0.2) is 0 Å². The van der Waals surface area contributed by atoms with Gasteiger partial charge in [-0.3, -0.25) is 38.4 Å². The minimum absolute atomic E-state index is 0.0721. The number of imide groups is 4. The molecule has 0 radical (unpaired) electrons. The molecule has 5 fully saturated rings.